The number of hydrogen-bond donors (Lipinski definition) is 1. The molecule has 32 heavy (non-hydrogen) atoms. The third kappa shape index (κ3) is 4.97. The first-order valence-electron chi connectivity index (χ1n) is 9.88. The molecule has 3 heterocycles. The number of methoxy groups -OCH3 is 1. The van der Waals surface area contributed by atoms with E-state index >= 15 is 0 Å². The van der Waals surface area contributed by atoms with Crippen LogP contribution in [-0.4, -0.2) is 38.0 Å². The van der Waals surface area contributed by atoms with Gasteiger partial charge in [0.25, 0.3) is 5.91 Å². The monoisotopic (exact) mass is 450 g/mol. The van der Waals surface area contributed by atoms with Gasteiger partial charge in [0.1, 0.15) is 11.5 Å². The van der Waals surface area contributed by atoms with Crippen LogP contribution < -0.4 is 10.1 Å². The molecule has 3 aromatic heterocycles. The first-order chi connectivity index (χ1) is 15.5. The number of furan rings is 1. The van der Waals surface area contributed by atoms with E-state index in [1.165, 1.54) is 11.8 Å². The van der Waals surface area contributed by atoms with Crippen molar-refractivity contribution in [3.05, 3.63) is 77.3 Å². The van der Waals surface area contributed by atoms with E-state index in [4.69, 9.17) is 9.15 Å². The van der Waals surface area contributed by atoms with Gasteiger partial charge in [-0.2, -0.15) is 0 Å². The molecule has 0 bridgehead atoms. The van der Waals surface area contributed by atoms with Gasteiger partial charge in [-0.15, -0.1) is 5.10 Å². The van der Waals surface area contributed by atoms with E-state index in [-0.39, 0.29) is 18.1 Å². The SMILES string of the molecule is COc1ccc(-n2nnc(C(=O)NCc3ccco3)c2CSc2nc(C)cc(C)n2)cc1. The third-order valence-corrected chi connectivity index (χ3v) is 5.46. The number of thioether (sulfide) groups is 1. The van der Waals surface area contributed by atoms with Gasteiger partial charge in [-0.25, -0.2) is 14.6 Å². The van der Waals surface area contributed by atoms with E-state index in [9.17, 15) is 4.79 Å². The Balaban J connectivity index is 1.62. The van der Waals surface area contributed by atoms with Crippen molar-refractivity contribution in [1.29, 1.82) is 0 Å². The smallest absolute Gasteiger partial charge is 0.274 e. The summed E-state index contributed by atoms with van der Waals surface area (Å²) in [5.41, 5.74) is 3.42. The number of aromatic nitrogens is 5. The van der Waals surface area contributed by atoms with Gasteiger partial charge in [0, 0.05) is 17.1 Å². The number of hydrogen-bond acceptors (Lipinski definition) is 8. The second-order valence-electron chi connectivity index (χ2n) is 6.98. The van der Waals surface area contributed by atoms with Crippen LogP contribution in [0.3, 0.4) is 0 Å². The Hall–Kier alpha value is -3.66. The molecule has 10 heteroatoms. The summed E-state index contributed by atoms with van der Waals surface area (Å²) in [6, 6.07) is 12.9. The summed E-state index contributed by atoms with van der Waals surface area (Å²) in [4.78, 5) is 21.8. The van der Waals surface area contributed by atoms with Gasteiger partial charge in [-0.3, -0.25) is 4.79 Å². The lowest BCUT2D eigenvalue weighted by Gasteiger charge is -2.09. The third-order valence-electron chi connectivity index (χ3n) is 4.60. The predicted molar refractivity (Wildman–Crippen MR) is 119 cm³/mol. The van der Waals surface area contributed by atoms with Crippen molar-refractivity contribution in [3.63, 3.8) is 0 Å². The minimum Gasteiger partial charge on any atom is -0.497 e. The Morgan fingerprint density at radius 2 is 1.91 bits per heavy atom. The molecule has 1 aromatic carbocycles. The lowest BCUT2D eigenvalue weighted by atomic mass is 10.2. The highest BCUT2D eigenvalue weighted by molar-refractivity contribution is 7.98. The first kappa shape index (κ1) is 21.6. The number of carbonyl (C=O) groups is 1. The van der Waals surface area contributed by atoms with Crippen LogP contribution in [0.15, 0.2) is 58.3 Å². The van der Waals surface area contributed by atoms with Gasteiger partial charge >= 0.3 is 0 Å². The van der Waals surface area contributed by atoms with Crippen LogP contribution in [0.1, 0.15) is 33.3 Å². The fraction of sp³-hybridized carbons (Fsp3) is 0.227. The molecule has 0 aliphatic heterocycles. The van der Waals surface area contributed by atoms with Gasteiger partial charge in [0.05, 0.1) is 31.3 Å². The molecule has 0 spiro atoms. The number of nitrogens with zero attached hydrogens (tertiary/aromatic N) is 5. The van der Waals surface area contributed by atoms with E-state index in [1.807, 2.05) is 44.2 Å². The summed E-state index contributed by atoms with van der Waals surface area (Å²) in [6.45, 7) is 4.11. The van der Waals surface area contributed by atoms with Crippen LogP contribution in [-0.2, 0) is 12.3 Å². The maximum Gasteiger partial charge on any atom is 0.274 e. The number of ether oxygens (including phenoxy) is 1. The van der Waals surface area contributed by atoms with Crippen LogP contribution in [0.4, 0.5) is 0 Å². The van der Waals surface area contributed by atoms with Crippen molar-refractivity contribution >= 4 is 17.7 Å². The van der Waals surface area contributed by atoms with E-state index in [0.29, 0.717) is 22.4 Å². The maximum absolute atomic E-state index is 12.9. The molecule has 0 atom stereocenters. The molecule has 4 rings (SSSR count). The molecule has 164 valence electrons. The molecule has 1 amide bonds. The molecule has 0 unspecified atom stereocenters. The fourth-order valence-electron chi connectivity index (χ4n) is 3.09. The molecule has 1 N–H and O–H groups in total. The molecule has 4 aromatic rings. The van der Waals surface area contributed by atoms with Gasteiger partial charge in [-0.1, -0.05) is 17.0 Å². The Bertz CT molecular complexity index is 1180. The zero-order chi connectivity index (χ0) is 22.5. The van der Waals surface area contributed by atoms with E-state index < -0.39 is 0 Å². The van der Waals surface area contributed by atoms with Gasteiger partial charge in [-0.05, 0) is 56.3 Å². The van der Waals surface area contributed by atoms with Crippen LogP contribution in [0.2, 0.25) is 0 Å². The summed E-state index contributed by atoms with van der Waals surface area (Å²) in [7, 11) is 1.61. The Morgan fingerprint density at radius 1 is 1.16 bits per heavy atom. The summed E-state index contributed by atoms with van der Waals surface area (Å²) >= 11 is 1.42. The van der Waals surface area contributed by atoms with Crippen molar-refractivity contribution in [3.8, 4) is 11.4 Å². The van der Waals surface area contributed by atoms with Crippen molar-refractivity contribution in [2.24, 2.45) is 0 Å². The number of benzene rings is 1. The predicted octanol–water partition coefficient (Wildman–Crippen LogP) is 3.50. The van der Waals surface area contributed by atoms with Crippen LogP contribution in [0.5, 0.6) is 5.75 Å². The van der Waals surface area contributed by atoms with E-state index in [2.05, 4.69) is 25.6 Å². The zero-order valence-corrected chi connectivity index (χ0v) is 18.7. The average molecular weight is 451 g/mol. The summed E-state index contributed by atoms with van der Waals surface area (Å²) in [5, 5.41) is 11.9. The van der Waals surface area contributed by atoms with E-state index in [0.717, 1.165) is 22.8 Å². The number of aryl methyl sites for hydroxylation is 2. The van der Waals surface area contributed by atoms with E-state index in [1.54, 1.807) is 30.2 Å². The Morgan fingerprint density at radius 3 is 2.56 bits per heavy atom. The standard InChI is InChI=1S/C22H22N6O3S/c1-14-11-15(2)25-22(24-14)32-13-19-20(21(29)23-12-18-5-4-10-31-18)26-27-28(19)16-6-8-17(30-3)9-7-16/h4-11H,12-13H2,1-3H3,(H,23,29). The highest BCUT2D eigenvalue weighted by Crippen LogP contribution is 2.24. The quantitative estimate of drug-likeness (QED) is 0.321. The van der Waals surface area contributed by atoms with Gasteiger partial charge in [0.2, 0.25) is 0 Å². The number of amides is 1. The average Bonchev–Trinajstić information content (AvgIpc) is 3.45. The highest BCUT2D eigenvalue weighted by atomic mass is 32.2. The van der Waals surface area contributed by atoms with Crippen LogP contribution in [0.25, 0.3) is 5.69 Å². The van der Waals surface area contributed by atoms with Crippen LogP contribution in [0, 0.1) is 13.8 Å². The van der Waals surface area contributed by atoms with Crippen molar-refractivity contribution < 1.29 is 13.9 Å². The van der Waals surface area contributed by atoms with Crippen molar-refractivity contribution in [2.45, 2.75) is 31.3 Å². The zero-order valence-electron chi connectivity index (χ0n) is 17.9. The summed E-state index contributed by atoms with van der Waals surface area (Å²) < 4.78 is 12.2. The van der Waals surface area contributed by atoms with Crippen molar-refractivity contribution in [2.75, 3.05) is 7.11 Å². The Kier molecular flexibility index (Phi) is 6.50. The maximum atomic E-state index is 12.9. The topological polar surface area (TPSA) is 108 Å². The van der Waals surface area contributed by atoms with Gasteiger partial charge < -0.3 is 14.5 Å². The lowest BCUT2D eigenvalue weighted by Crippen LogP contribution is -2.24. The normalized spacial score (nSPS) is 10.8. The molecule has 0 saturated carbocycles. The minimum absolute atomic E-state index is 0.240. The molecule has 0 saturated heterocycles. The summed E-state index contributed by atoms with van der Waals surface area (Å²) in [6.07, 6.45) is 1.56. The first-order valence-corrected chi connectivity index (χ1v) is 10.9. The van der Waals surface area contributed by atoms with Crippen molar-refractivity contribution in [1.82, 2.24) is 30.3 Å². The molecule has 0 radical (unpaired) electrons. The molecule has 9 nitrogen and oxygen atoms in total. The Labute approximate surface area is 189 Å². The number of carbonyl (C=O) groups excluding carboxylic acids is 1. The molecule has 0 fully saturated rings. The van der Waals surface area contributed by atoms with Gasteiger partial charge in [0.15, 0.2) is 10.9 Å². The number of rotatable bonds is 8. The lowest BCUT2D eigenvalue weighted by molar-refractivity contribution is 0.0942. The molecule has 0 aliphatic carbocycles. The minimum atomic E-state index is -0.335. The summed E-state index contributed by atoms with van der Waals surface area (Å²) in [5.74, 6) is 1.45. The molecule has 0 aliphatic rings. The molecular weight excluding hydrogens is 428 g/mol. The second-order valence-corrected chi connectivity index (χ2v) is 7.92. The number of nitrogens with one attached hydrogen (secondary N) is 1. The fourth-order valence-corrected chi connectivity index (χ4v) is 4.04. The van der Waals surface area contributed by atoms with Crippen LogP contribution >= 0.6 is 11.8 Å². The molecular formula is C22H22N6O3S. The highest BCUT2D eigenvalue weighted by Gasteiger charge is 2.21. The largest absolute Gasteiger partial charge is 0.497 e. The second kappa shape index (κ2) is 9.65.